The van der Waals surface area contributed by atoms with Gasteiger partial charge in [-0.25, -0.2) is 9.37 Å². The third-order valence-corrected chi connectivity index (χ3v) is 5.46. The van der Waals surface area contributed by atoms with E-state index in [0.717, 1.165) is 32.5 Å². The van der Waals surface area contributed by atoms with Gasteiger partial charge in [0, 0.05) is 18.2 Å². The molecular weight excluding hydrogens is 383 g/mol. The van der Waals surface area contributed by atoms with Gasteiger partial charge in [-0.1, -0.05) is 18.5 Å². The lowest BCUT2D eigenvalue weighted by Gasteiger charge is -2.31. The van der Waals surface area contributed by atoms with Crippen LogP contribution in [0.2, 0.25) is 5.02 Å². The molecule has 28 heavy (non-hydrogen) atoms. The number of aryl methyl sites for hydroxylation is 1. The van der Waals surface area contributed by atoms with Crippen molar-refractivity contribution in [1.82, 2.24) is 14.9 Å². The van der Waals surface area contributed by atoms with E-state index in [1.165, 1.54) is 6.07 Å². The molecule has 1 atom stereocenters. The maximum atomic E-state index is 14.0. The third kappa shape index (κ3) is 3.52. The van der Waals surface area contributed by atoms with Crippen molar-refractivity contribution in [2.75, 3.05) is 25.0 Å². The van der Waals surface area contributed by atoms with Crippen molar-refractivity contribution in [3.05, 3.63) is 34.6 Å². The molecule has 0 saturated carbocycles. The SMILES string of the molecule is CCN1CCC[C@H](Nc2nc3nc(-c4c(C)cc(Cl)c(F)c4O)ccc3o2)C1. The number of rotatable bonds is 4. The van der Waals surface area contributed by atoms with Crippen molar-refractivity contribution in [2.24, 2.45) is 0 Å². The minimum atomic E-state index is -0.857. The number of anilines is 1. The van der Waals surface area contributed by atoms with Crippen LogP contribution in [0.25, 0.3) is 22.5 Å². The summed E-state index contributed by atoms with van der Waals surface area (Å²) in [5.74, 6) is -1.37. The number of aromatic nitrogens is 2. The van der Waals surface area contributed by atoms with Crippen LogP contribution in [-0.4, -0.2) is 45.7 Å². The summed E-state index contributed by atoms with van der Waals surface area (Å²) in [6, 6.07) is 5.56. The first-order valence-electron chi connectivity index (χ1n) is 9.40. The number of hydrogen-bond acceptors (Lipinski definition) is 6. The molecular formula is C20H22ClFN4O2. The van der Waals surface area contributed by atoms with Gasteiger partial charge in [-0.05, 0) is 56.6 Å². The number of phenolic OH excluding ortho intramolecular Hbond substituents is 1. The molecule has 4 rings (SSSR count). The van der Waals surface area contributed by atoms with E-state index in [4.69, 9.17) is 16.0 Å². The second-order valence-corrected chi connectivity index (χ2v) is 7.53. The summed E-state index contributed by atoms with van der Waals surface area (Å²) in [5.41, 5.74) is 2.26. The molecule has 8 heteroatoms. The zero-order chi connectivity index (χ0) is 19.8. The number of likely N-dealkylation sites (tertiary alicyclic amines) is 1. The van der Waals surface area contributed by atoms with Gasteiger partial charge >= 0.3 is 0 Å². The molecule has 0 unspecified atom stereocenters. The number of hydrogen-bond donors (Lipinski definition) is 2. The van der Waals surface area contributed by atoms with E-state index in [2.05, 4.69) is 27.1 Å². The quantitative estimate of drug-likeness (QED) is 0.662. The van der Waals surface area contributed by atoms with Crippen LogP contribution in [0.1, 0.15) is 25.3 Å². The molecule has 0 amide bonds. The molecule has 1 aromatic carbocycles. The Balaban J connectivity index is 1.63. The zero-order valence-corrected chi connectivity index (χ0v) is 16.6. The van der Waals surface area contributed by atoms with Gasteiger partial charge in [0.1, 0.15) is 0 Å². The highest BCUT2D eigenvalue weighted by atomic mass is 35.5. The number of pyridine rings is 1. The Labute approximate surface area is 167 Å². The Morgan fingerprint density at radius 2 is 2.21 bits per heavy atom. The first-order valence-corrected chi connectivity index (χ1v) is 9.78. The highest BCUT2D eigenvalue weighted by molar-refractivity contribution is 6.31. The Hall–Kier alpha value is -2.38. The van der Waals surface area contributed by atoms with Crippen molar-refractivity contribution in [3.63, 3.8) is 0 Å². The second-order valence-electron chi connectivity index (χ2n) is 7.13. The fourth-order valence-corrected chi connectivity index (χ4v) is 3.97. The number of phenols is 1. The number of halogens is 2. The van der Waals surface area contributed by atoms with Crippen molar-refractivity contribution < 1.29 is 13.9 Å². The fourth-order valence-electron chi connectivity index (χ4n) is 3.71. The molecule has 148 valence electrons. The van der Waals surface area contributed by atoms with Crippen LogP contribution in [0.5, 0.6) is 5.75 Å². The van der Waals surface area contributed by atoms with Gasteiger partial charge in [-0.15, -0.1) is 0 Å². The number of piperidine rings is 1. The van der Waals surface area contributed by atoms with Gasteiger partial charge in [-0.3, -0.25) is 0 Å². The monoisotopic (exact) mass is 404 g/mol. The summed E-state index contributed by atoms with van der Waals surface area (Å²) in [6.45, 7) is 6.99. The van der Waals surface area contributed by atoms with E-state index >= 15 is 0 Å². The molecule has 6 nitrogen and oxygen atoms in total. The number of nitrogens with zero attached hydrogens (tertiary/aromatic N) is 3. The minimum absolute atomic E-state index is 0.124. The molecule has 1 fully saturated rings. The topological polar surface area (TPSA) is 74.4 Å². The van der Waals surface area contributed by atoms with Crippen LogP contribution in [0.15, 0.2) is 22.6 Å². The van der Waals surface area contributed by atoms with Gasteiger partial charge in [0.2, 0.25) is 5.65 Å². The zero-order valence-electron chi connectivity index (χ0n) is 15.8. The van der Waals surface area contributed by atoms with Crippen molar-refractivity contribution in [1.29, 1.82) is 0 Å². The van der Waals surface area contributed by atoms with Gasteiger partial charge in [0.05, 0.1) is 10.7 Å². The van der Waals surface area contributed by atoms with Crippen LogP contribution in [0.3, 0.4) is 0 Å². The Kier molecular flexibility index (Phi) is 5.12. The van der Waals surface area contributed by atoms with Crippen LogP contribution in [0.4, 0.5) is 10.4 Å². The van der Waals surface area contributed by atoms with Crippen LogP contribution >= 0.6 is 11.6 Å². The highest BCUT2D eigenvalue weighted by Crippen LogP contribution is 2.38. The molecule has 3 heterocycles. The number of benzene rings is 1. The van der Waals surface area contributed by atoms with Gasteiger partial charge in [0.25, 0.3) is 6.01 Å². The fraction of sp³-hybridized carbons (Fsp3) is 0.400. The summed E-state index contributed by atoms with van der Waals surface area (Å²) < 4.78 is 19.8. The van der Waals surface area contributed by atoms with E-state index in [1.807, 2.05) is 0 Å². The first kappa shape index (κ1) is 19.0. The molecule has 1 aliphatic heterocycles. The summed E-state index contributed by atoms with van der Waals surface area (Å²) in [5, 5.41) is 13.4. The Morgan fingerprint density at radius 3 is 3.00 bits per heavy atom. The smallest absolute Gasteiger partial charge is 0.297 e. The lowest BCUT2D eigenvalue weighted by atomic mass is 10.0. The lowest BCUT2D eigenvalue weighted by Crippen LogP contribution is -2.41. The van der Waals surface area contributed by atoms with Gasteiger partial charge < -0.3 is 19.7 Å². The second kappa shape index (κ2) is 7.56. The molecule has 0 bridgehead atoms. The third-order valence-electron chi connectivity index (χ3n) is 5.18. The van der Waals surface area contributed by atoms with E-state index in [1.54, 1.807) is 19.1 Å². The molecule has 0 spiro atoms. The van der Waals surface area contributed by atoms with Crippen LogP contribution in [0, 0.1) is 12.7 Å². The van der Waals surface area contributed by atoms with Crippen LogP contribution in [-0.2, 0) is 0 Å². The lowest BCUT2D eigenvalue weighted by molar-refractivity contribution is 0.225. The molecule has 1 aliphatic rings. The van der Waals surface area contributed by atoms with Gasteiger partial charge in [0.15, 0.2) is 17.1 Å². The Morgan fingerprint density at radius 1 is 1.39 bits per heavy atom. The standard InChI is InChI=1S/C20H22ClFN4O2/c1-3-26-8-4-5-12(10-26)23-20-25-19-15(28-20)7-6-14(24-19)16-11(2)9-13(21)17(22)18(16)27/h6-7,9,12,27H,3-5,8,10H2,1-2H3,(H,23,24,25)/t12-/m0/s1. The normalized spacial score (nSPS) is 17.9. The number of nitrogens with one attached hydrogen (secondary N) is 1. The molecule has 2 N–H and O–H groups in total. The number of likely N-dealkylation sites (N-methyl/N-ethyl adjacent to an activating group) is 1. The van der Waals surface area contributed by atoms with Crippen LogP contribution < -0.4 is 5.32 Å². The van der Waals surface area contributed by atoms with Gasteiger partial charge in [-0.2, -0.15) is 4.98 Å². The van der Waals surface area contributed by atoms with Crippen molar-refractivity contribution in [2.45, 2.75) is 32.7 Å². The summed E-state index contributed by atoms with van der Waals surface area (Å²) in [7, 11) is 0. The maximum Gasteiger partial charge on any atom is 0.297 e. The molecule has 0 radical (unpaired) electrons. The highest BCUT2D eigenvalue weighted by Gasteiger charge is 2.21. The predicted molar refractivity (Wildman–Crippen MR) is 107 cm³/mol. The average Bonchev–Trinajstić information content (AvgIpc) is 3.08. The first-order chi connectivity index (χ1) is 13.5. The Bertz CT molecular complexity index is 1020. The summed E-state index contributed by atoms with van der Waals surface area (Å²) in [6.07, 6.45) is 2.19. The molecule has 3 aromatic rings. The summed E-state index contributed by atoms with van der Waals surface area (Å²) in [4.78, 5) is 11.3. The predicted octanol–water partition coefficient (Wildman–Crippen LogP) is 4.59. The van der Waals surface area contributed by atoms with Crippen molar-refractivity contribution in [3.8, 4) is 17.0 Å². The minimum Gasteiger partial charge on any atom is -0.504 e. The van der Waals surface area contributed by atoms with E-state index in [-0.39, 0.29) is 11.1 Å². The molecule has 1 saturated heterocycles. The van der Waals surface area contributed by atoms with E-state index in [0.29, 0.717) is 34.1 Å². The van der Waals surface area contributed by atoms with E-state index in [9.17, 15) is 9.50 Å². The number of oxazole rings is 1. The van der Waals surface area contributed by atoms with Crippen molar-refractivity contribution >= 4 is 28.8 Å². The number of aromatic hydroxyl groups is 1. The largest absolute Gasteiger partial charge is 0.504 e. The summed E-state index contributed by atoms with van der Waals surface area (Å²) >= 11 is 5.80. The average molecular weight is 405 g/mol. The molecule has 0 aliphatic carbocycles. The number of fused-ring (bicyclic) bond motifs is 1. The molecule has 2 aromatic heterocycles. The maximum absolute atomic E-state index is 14.0. The van der Waals surface area contributed by atoms with E-state index < -0.39 is 11.6 Å².